The highest BCUT2D eigenvalue weighted by molar-refractivity contribution is 5.03. The molecule has 1 unspecified atom stereocenters. The Balaban J connectivity index is 2.12. The molecule has 0 aromatic heterocycles. The van der Waals surface area contributed by atoms with Gasteiger partial charge in [-0.3, -0.25) is 16.2 Å². The first-order chi connectivity index (χ1) is 10.2. The normalized spacial score (nSPS) is 29.7. The molecule has 124 valence electrons. The van der Waals surface area contributed by atoms with Gasteiger partial charge < -0.3 is 0 Å². The van der Waals surface area contributed by atoms with E-state index in [-0.39, 0.29) is 5.54 Å². The molecule has 0 spiro atoms. The molecule has 1 aliphatic heterocycles. The maximum Gasteiger partial charge on any atom is 0.0422 e. The van der Waals surface area contributed by atoms with Crippen LogP contribution in [0.1, 0.15) is 78.6 Å². The number of nitrogens with two attached hydrogens (primary N) is 1. The first-order valence-electron chi connectivity index (χ1n) is 9.43. The van der Waals surface area contributed by atoms with Gasteiger partial charge in [-0.1, -0.05) is 40.0 Å². The van der Waals surface area contributed by atoms with Gasteiger partial charge in [-0.2, -0.15) is 0 Å². The van der Waals surface area contributed by atoms with Crippen molar-refractivity contribution in [1.29, 1.82) is 0 Å². The molecule has 3 N–H and O–H groups in total. The molecule has 1 saturated carbocycles. The van der Waals surface area contributed by atoms with Crippen LogP contribution in [0.15, 0.2) is 0 Å². The van der Waals surface area contributed by atoms with Crippen LogP contribution in [-0.4, -0.2) is 29.6 Å². The highest BCUT2D eigenvalue weighted by atomic mass is 15.3. The lowest BCUT2D eigenvalue weighted by molar-refractivity contribution is 0.0243. The number of hydrogen-bond acceptors (Lipinski definition) is 3. The van der Waals surface area contributed by atoms with Gasteiger partial charge in [0.1, 0.15) is 0 Å². The van der Waals surface area contributed by atoms with Gasteiger partial charge in [-0.15, -0.1) is 0 Å². The van der Waals surface area contributed by atoms with Crippen molar-refractivity contribution in [3.63, 3.8) is 0 Å². The Hall–Kier alpha value is -0.120. The quantitative estimate of drug-likeness (QED) is 0.556. The van der Waals surface area contributed by atoms with Crippen molar-refractivity contribution < 1.29 is 0 Å². The second-order valence-corrected chi connectivity index (χ2v) is 7.34. The Kier molecular flexibility index (Phi) is 6.51. The van der Waals surface area contributed by atoms with E-state index in [1.807, 2.05) is 0 Å². The number of hydrazine groups is 1. The minimum atomic E-state index is 0.273. The van der Waals surface area contributed by atoms with Crippen LogP contribution in [0, 0.1) is 11.8 Å². The minimum absolute atomic E-state index is 0.273. The van der Waals surface area contributed by atoms with Gasteiger partial charge in [0.05, 0.1) is 0 Å². The fourth-order valence-corrected chi connectivity index (χ4v) is 5.16. The molecular weight excluding hydrogens is 258 g/mol. The summed E-state index contributed by atoms with van der Waals surface area (Å²) in [5.41, 5.74) is 3.56. The number of likely N-dealkylation sites (tertiary alicyclic amines) is 1. The summed E-state index contributed by atoms with van der Waals surface area (Å²) in [4.78, 5) is 2.75. The highest BCUT2D eigenvalue weighted by Gasteiger charge is 2.45. The van der Waals surface area contributed by atoms with Crippen LogP contribution >= 0.6 is 0 Å². The number of nitrogens with one attached hydrogen (secondary N) is 1. The molecule has 1 aliphatic carbocycles. The van der Waals surface area contributed by atoms with Crippen LogP contribution in [0.25, 0.3) is 0 Å². The Bertz CT molecular complexity index is 287. The van der Waals surface area contributed by atoms with E-state index < -0.39 is 0 Å². The molecule has 0 radical (unpaired) electrons. The highest BCUT2D eigenvalue weighted by Crippen LogP contribution is 2.40. The van der Waals surface area contributed by atoms with Gasteiger partial charge in [-0.25, -0.2) is 0 Å². The van der Waals surface area contributed by atoms with Crippen molar-refractivity contribution in [2.24, 2.45) is 17.7 Å². The molecule has 2 aliphatic rings. The predicted molar refractivity (Wildman–Crippen MR) is 91.0 cm³/mol. The molecule has 1 saturated heterocycles. The fraction of sp³-hybridized carbons (Fsp3) is 1.00. The van der Waals surface area contributed by atoms with Gasteiger partial charge in [0.25, 0.3) is 0 Å². The molecule has 0 bridgehead atoms. The summed E-state index contributed by atoms with van der Waals surface area (Å²) in [7, 11) is 0. The molecule has 0 aromatic carbocycles. The van der Waals surface area contributed by atoms with E-state index in [1.54, 1.807) is 0 Å². The zero-order chi connectivity index (χ0) is 15.3. The van der Waals surface area contributed by atoms with E-state index >= 15 is 0 Å². The van der Waals surface area contributed by atoms with E-state index in [1.165, 1.54) is 70.9 Å². The first-order valence-corrected chi connectivity index (χ1v) is 9.43. The summed E-state index contributed by atoms with van der Waals surface area (Å²) >= 11 is 0. The third-order valence-electron chi connectivity index (χ3n) is 6.66. The van der Waals surface area contributed by atoms with Crippen molar-refractivity contribution >= 4 is 0 Å². The van der Waals surface area contributed by atoms with Crippen molar-refractivity contribution in [1.82, 2.24) is 10.3 Å². The van der Waals surface area contributed by atoms with Gasteiger partial charge in [-0.05, 0) is 63.5 Å². The van der Waals surface area contributed by atoms with Crippen LogP contribution in [0.5, 0.6) is 0 Å². The lowest BCUT2D eigenvalue weighted by Gasteiger charge is -2.50. The van der Waals surface area contributed by atoms with Crippen LogP contribution in [0.3, 0.4) is 0 Å². The second kappa shape index (κ2) is 7.94. The van der Waals surface area contributed by atoms with E-state index in [2.05, 4.69) is 31.1 Å². The molecule has 1 atom stereocenters. The summed E-state index contributed by atoms with van der Waals surface area (Å²) in [5.74, 6) is 7.82. The van der Waals surface area contributed by atoms with Gasteiger partial charge in [0.2, 0.25) is 0 Å². The largest absolute Gasteiger partial charge is 0.296 e. The summed E-state index contributed by atoms with van der Waals surface area (Å²) in [6.45, 7) is 9.61. The zero-order valence-corrected chi connectivity index (χ0v) is 14.5. The molecule has 2 rings (SSSR count). The number of rotatable bonds is 7. The summed E-state index contributed by atoms with van der Waals surface area (Å²) in [5, 5.41) is 0. The Morgan fingerprint density at radius 2 is 1.62 bits per heavy atom. The van der Waals surface area contributed by atoms with Gasteiger partial charge >= 0.3 is 0 Å². The second-order valence-electron chi connectivity index (χ2n) is 7.34. The third-order valence-corrected chi connectivity index (χ3v) is 6.66. The van der Waals surface area contributed by atoms with Gasteiger partial charge in [0, 0.05) is 11.6 Å². The Labute approximate surface area is 132 Å². The first kappa shape index (κ1) is 17.2. The van der Waals surface area contributed by atoms with E-state index in [9.17, 15) is 0 Å². The molecule has 2 fully saturated rings. The molecule has 3 heteroatoms. The average Bonchev–Trinajstić information content (AvgIpc) is 3.08. The summed E-state index contributed by atoms with van der Waals surface area (Å²) in [6, 6.07) is 0.461. The summed E-state index contributed by atoms with van der Waals surface area (Å²) in [6.07, 6.45) is 12.0. The maximum absolute atomic E-state index is 6.10. The van der Waals surface area contributed by atoms with Crippen LogP contribution < -0.4 is 11.3 Å². The van der Waals surface area contributed by atoms with Crippen molar-refractivity contribution in [2.45, 2.75) is 90.1 Å². The number of nitrogens with zero attached hydrogens (tertiary/aromatic N) is 1. The molecule has 21 heavy (non-hydrogen) atoms. The summed E-state index contributed by atoms with van der Waals surface area (Å²) < 4.78 is 0. The van der Waals surface area contributed by atoms with Crippen molar-refractivity contribution in [3.05, 3.63) is 0 Å². The lowest BCUT2D eigenvalue weighted by atomic mass is 9.69. The predicted octanol–water partition coefficient (Wildman–Crippen LogP) is 3.69. The SMILES string of the molecule is CCC1CCC(C(NN)C(CC)(CC)N2CCCC2)CC1. The van der Waals surface area contributed by atoms with E-state index in [0.29, 0.717) is 6.04 Å². The van der Waals surface area contributed by atoms with Crippen molar-refractivity contribution in [2.75, 3.05) is 13.1 Å². The van der Waals surface area contributed by atoms with Crippen LogP contribution in [0.2, 0.25) is 0 Å². The van der Waals surface area contributed by atoms with E-state index in [0.717, 1.165) is 11.8 Å². The molecular formula is C18H37N3. The fourth-order valence-electron chi connectivity index (χ4n) is 5.16. The Morgan fingerprint density at radius 1 is 1.05 bits per heavy atom. The molecule has 1 heterocycles. The smallest absolute Gasteiger partial charge is 0.0422 e. The minimum Gasteiger partial charge on any atom is -0.296 e. The standard InChI is InChI=1S/C18H37N3/c1-4-15-9-11-16(12-10-15)17(20-19)18(5-2,6-3)21-13-7-8-14-21/h15-17,20H,4-14,19H2,1-3H3. The van der Waals surface area contributed by atoms with Gasteiger partial charge in [0.15, 0.2) is 0 Å². The zero-order valence-electron chi connectivity index (χ0n) is 14.5. The van der Waals surface area contributed by atoms with Crippen LogP contribution in [-0.2, 0) is 0 Å². The Morgan fingerprint density at radius 3 is 2.05 bits per heavy atom. The van der Waals surface area contributed by atoms with Crippen molar-refractivity contribution in [3.8, 4) is 0 Å². The average molecular weight is 296 g/mol. The van der Waals surface area contributed by atoms with Crippen LogP contribution in [0.4, 0.5) is 0 Å². The maximum atomic E-state index is 6.10. The monoisotopic (exact) mass is 295 g/mol. The number of hydrogen-bond donors (Lipinski definition) is 2. The third kappa shape index (κ3) is 3.46. The topological polar surface area (TPSA) is 41.3 Å². The van der Waals surface area contributed by atoms with E-state index in [4.69, 9.17) is 5.84 Å². The molecule has 0 amide bonds. The molecule has 0 aromatic rings. The molecule has 3 nitrogen and oxygen atoms in total. The lowest BCUT2D eigenvalue weighted by Crippen LogP contribution is -2.64.